The molecule has 0 aliphatic carbocycles. The predicted molar refractivity (Wildman–Crippen MR) is 93.0 cm³/mol. The van der Waals surface area contributed by atoms with Crippen LogP contribution in [0.1, 0.15) is 51.1 Å². The zero-order valence-corrected chi connectivity index (χ0v) is 15.9. The number of amides is 3. The standard InChI is InChI=1S/C18H26N4O5/c1-18(2,3)26-17(24)20-8-11(9-20)6-13-7-14(19-27-13)15-5-4-12-10-21(15)16(23)22(12)25/h7,11-12,15,25H,4-6,8-10H2,1-3H3/t12-,15+/m1/s1. The number of carbonyl (C=O) groups excluding carboxylic acids is 2. The molecule has 4 rings (SSSR count). The molecule has 0 spiro atoms. The Hall–Kier alpha value is -2.29. The van der Waals surface area contributed by atoms with E-state index >= 15 is 0 Å². The highest BCUT2D eigenvalue weighted by molar-refractivity contribution is 5.76. The van der Waals surface area contributed by atoms with E-state index in [1.165, 1.54) is 0 Å². The third kappa shape index (κ3) is 3.47. The summed E-state index contributed by atoms with van der Waals surface area (Å²) in [7, 11) is 0. The van der Waals surface area contributed by atoms with Crippen LogP contribution in [-0.4, -0.2) is 68.6 Å². The van der Waals surface area contributed by atoms with Crippen LogP contribution in [0.4, 0.5) is 9.59 Å². The molecule has 0 aromatic carbocycles. The lowest BCUT2D eigenvalue weighted by atomic mass is 9.94. The van der Waals surface area contributed by atoms with Gasteiger partial charge in [-0.05, 0) is 33.6 Å². The Morgan fingerprint density at radius 3 is 2.78 bits per heavy atom. The first kappa shape index (κ1) is 18.1. The van der Waals surface area contributed by atoms with Crippen molar-refractivity contribution in [1.29, 1.82) is 0 Å². The van der Waals surface area contributed by atoms with Crippen LogP contribution in [0.2, 0.25) is 0 Å². The number of nitrogens with zero attached hydrogens (tertiary/aromatic N) is 4. The molecule has 1 aromatic heterocycles. The number of carbonyl (C=O) groups is 2. The second-order valence-corrected chi connectivity index (χ2v) is 8.70. The number of likely N-dealkylation sites (tertiary alicyclic amines) is 1. The molecule has 3 fully saturated rings. The van der Waals surface area contributed by atoms with Crippen molar-refractivity contribution in [3.05, 3.63) is 17.5 Å². The summed E-state index contributed by atoms with van der Waals surface area (Å²) in [5, 5.41) is 14.8. The van der Waals surface area contributed by atoms with E-state index in [-0.39, 0.29) is 24.2 Å². The summed E-state index contributed by atoms with van der Waals surface area (Å²) in [6.07, 6.45) is 1.92. The molecule has 2 atom stereocenters. The molecule has 27 heavy (non-hydrogen) atoms. The van der Waals surface area contributed by atoms with Crippen LogP contribution in [0.25, 0.3) is 0 Å². The molecular formula is C18H26N4O5. The van der Waals surface area contributed by atoms with Crippen LogP contribution in [0, 0.1) is 5.92 Å². The minimum absolute atomic E-state index is 0.117. The van der Waals surface area contributed by atoms with Crippen molar-refractivity contribution < 1.29 is 24.1 Å². The van der Waals surface area contributed by atoms with E-state index in [1.54, 1.807) is 9.80 Å². The van der Waals surface area contributed by atoms with Gasteiger partial charge < -0.3 is 19.1 Å². The van der Waals surface area contributed by atoms with Crippen molar-refractivity contribution in [1.82, 2.24) is 20.0 Å². The normalized spacial score (nSPS) is 25.8. The van der Waals surface area contributed by atoms with Crippen LogP contribution < -0.4 is 0 Å². The molecule has 3 amide bonds. The maximum atomic E-state index is 12.1. The van der Waals surface area contributed by atoms with E-state index in [0.717, 1.165) is 29.4 Å². The molecule has 2 bridgehead atoms. The Morgan fingerprint density at radius 2 is 2.07 bits per heavy atom. The molecule has 9 heteroatoms. The van der Waals surface area contributed by atoms with E-state index in [0.29, 0.717) is 32.0 Å². The fourth-order valence-corrected chi connectivity index (χ4v) is 4.00. The third-order valence-electron chi connectivity index (χ3n) is 5.36. The van der Waals surface area contributed by atoms with E-state index in [1.807, 2.05) is 26.8 Å². The van der Waals surface area contributed by atoms with Gasteiger partial charge in [0, 0.05) is 38.0 Å². The van der Waals surface area contributed by atoms with Gasteiger partial charge in [0.2, 0.25) is 0 Å². The number of urea groups is 1. The van der Waals surface area contributed by atoms with Gasteiger partial charge in [0.25, 0.3) is 0 Å². The molecule has 0 radical (unpaired) electrons. The van der Waals surface area contributed by atoms with Crippen LogP contribution in [0.15, 0.2) is 10.6 Å². The fraction of sp³-hybridized carbons (Fsp3) is 0.722. The maximum Gasteiger partial charge on any atom is 0.410 e. The van der Waals surface area contributed by atoms with Gasteiger partial charge in [-0.3, -0.25) is 5.21 Å². The summed E-state index contributed by atoms with van der Waals surface area (Å²) in [5.41, 5.74) is 0.244. The highest BCUT2D eigenvalue weighted by atomic mass is 16.6. The molecular weight excluding hydrogens is 352 g/mol. The van der Waals surface area contributed by atoms with E-state index in [2.05, 4.69) is 5.16 Å². The third-order valence-corrected chi connectivity index (χ3v) is 5.36. The Bertz CT molecular complexity index is 736. The first-order valence-corrected chi connectivity index (χ1v) is 9.43. The van der Waals surface area contributed by atoms with Crippen molar-refractivity contribution in [3.63, 3.8) is 0 Å². The zero-order chi connectivity index (χ0) is 19.3. The Balaban J connectivity index is 1.31. The summed E-state index contributed by atoms with van der Waals surface area (Å²) in [4.78, 5) is 27.4. The van der Waals surface area contributed by atoms with Crippen molar-refractivity contribution in [2.75, 3.05) is 19.6 Å². The molecule has 0 unspecified atom stereocenters. The molecule has 9 nitrogen and oxygen atoms in total. The quantitative estimate of drug-likeness (QED) is 0.811. The van der Waals surface area contributed by atoms with E-state index in [9.17, 15) is 14.8 Å². The SMILES string of the molecule is CC(C)(C)OC(=O)N1CC(Cc2cc([C@@H]3CC[C@@H]4CN3C(=O)N4O)no2)C1. The minimum Gasteiger partial charge on any atom is -0.444 e. The average Bonchev–Trinajstić information content (AvgIpc) is 3.09. The van der Waals surface area contributed by atoms with Crippen molar-refractivity contribution >= 4 is 12.1 Å². The number of rotatable bonds is 3. The monoisotopic (exact) mass is 378 g/mol. The molecule has 3 saturated heterocycles. The lowest BCUT2D eigenvalue weighted by Crippen LogP contribution is -2.52. The summed E-state index contributed by atoms with van der Waals surface area (Å²) < 4.78 is 10.8. The Morgan fingerprint density at radius 1 is 1.33 bits per heavy atom. The minimum atomic E-state index is -0.488. The molecule has 3 aliphatic rings. The van der Waals surface area contributed by atoms with Crippen LogP contribution >= 0.6 is 0 Å². The lowest BCUT2D eigenvalue weighted by molar-refractivity contribution is -0.0584. The zero-order valence-electron chi connectivity index (χ0n) is 15.9. The van der Waals surface area contributed by atoms with Gasteiger partial charge in [0.1, 0.15) is 17.1 Å². The number of hydroxylamine groups is 2. The number of fused-ring (bicyclic) bond motifs is 2. The highest BCUT2D eigenvalue weighted by Gasteiger charge is 2.45. The molecule has 148 valence electrons. The summed E-state index contributed by atoms with van der Waals surface area (Å²) >= 11 is 0. The molecule has 1 aromatic rings. The average molecular weight is 378 g/mol. The highest BCUT2D eigenvalue weighted by Crippen LogP contribution is 2.37. The van der Waals surface area contributed by atoms with Gasteiger partial charge in [-0.15, -0.1) is 0 Å². The summed E-state index contributed by atoms with van der Waals surface area (Å²) in [5.74, 6) is 1.07. The first-order valence-electron chi connectivity index (χ1n) is 9.43. The number of ether oxygens (including phenoxy) is 1. The molecule has 4 heterocycles. The van der Waals surface area contributed by atoms with Crippen LogP contribution in [-0.2, 0) is 11.2 Å². The number of hydrogen-bond acceptors (Lipinski definition) is 6. The second-order valence-electron chi connectivity index (χ2n) is 8.70. The van der Waals surface area contributed by atoms with Gasteiger partial charge in [-0.25, -0.2) is 14.7 Å². The van der Waals surface area contributed by atoms with Gasteiger partial charge >= 0.3 is 12.1 Å². The second kappa shape index (κ2) is 6.40. The summed E-state index contributed by atoms with van der Waals surface area (Å²) in [6.45, 7) is 7.36. The lowest BCUT2D eigenvalue weighted by Gasteiger charge is -2.39. The predicted octanol–water partition coefficient (Wildman–Crippen LogP) is 2.41. The Kier molecular flexibility index (Phi) is 4.29. The van der Waals surface area contributed by atoms with E-state index in [4.69, 9.17) is 9.26 Å². The largest absolute Gasteiger partial charge is 0.444 e. The van der Waals surface area contributed by atoms with Gasteiger partial charge in [0.15, 0.2) is 0 Å². The molecule has 3 aliphatic heterocycles. The van der Waals surface area contributed by atoms with Crippen LogP contribution in [0.5, 0.6) is 0 Å². The van der Waals surface area contributed by atoms with Crippen molar-refractivity contribution in [2.24, 2.45) is 5.92 Å². The first-order chi connectivity index (χ1) is 12.7. The fourth-order valence-electron chi connectivity index (χ4n) is 4.00. The van der Waals surface area contributed by atoms with Crippen molar-refractivity contribution in [3.8, 4) is 0 Å². The smallest absolute Gasteiger partial charge is 0.410 e. The number of piperidine rings is 1. The summed E-state index contributed by atoms with van der Waals surface area (Å²) in [6, 6.07) is 1.27. The van der Waals surface area contributed by atoms with Gasteiger partial charge in [0.05, 0.1) is 12.1 Å². The number of aromatic nitrogens is 1. The molecule has 0 saturated carbocycles. The van der Waals surface area contributed by atoms with Crippen molar-refractivity contribution in [2.45, 2.75) is 57.7 Å². The van der Waals surface area contributed by atoms with Gasteiger partial charge in [-0.2, -0.15) is 0 Å². The maximum absolute atomic E-state index is 12.1. The Labute approximate surface area is 157 Å². The van der Waals surface area contributed by atoms with E-state index < -0.39 is 5.60 Å². The molecule has 1 N–H and O–H groups in total. The topological polar surface area (TPSA) is 99.4 Å². The number of hydrogen-bond donors (Lipinski definition) is 1. The van der Waals surface area contributed by atoms with Gasteiger partial charge in [-0.1, -0.05) is 5.16 Å². The van der Waals surface area contributed by atoms with Crippen LogP contribution in [0.3, 0.4) is 0 Å².